The molecule has 0 aromatic heterocycles. The van der Waals surface area contributed by atoms with Gasteiger partial charge >= 0.3 is 0 Å². The molecule has 1 heterocycles. The third-order valence-corrected chi connectivity index (χ3v) is 8.57. The fourth-order valence-electron chi connectivity index (χ4n) is 3.83. The highest BCUT2D eigenvalue weighted by Crippen LogP contribution is 2.38. The molecule has 182 valence electrons. The Morgan fingerprint density at radius 2 is 1.83 bits per heavy atom. The lowest BCUT2D eigenvalue weighted by Crippen LogP contribution is -2.30. The van der Waals surface area contributed by atoms with Gasteiger partial charge in [0.1, 0.15) is 5.37 Å². The van der Waals surface area contributed by atoms with Crippen molar-refractivity contribution in [3.05, 3.63) is 105 Å². The lowest BCUT2D eigenvalue weighted by atomic mass is 10.1. The highest BCUT2D eigenvalue weighted by Gasteiger charge is 2.32. The highest BCUT2D eigenvalue weighted by atomic mass is 35.5. The van der Waals surface area contributed by atoms with Gasteiger partial charge in [0.15, 0.2) is 0 Å². The zero-order valence-corrected chi connectivity index (χ0v) is 22.2. The highest BCUT2D eigenvalue weighted by molar-refractivity contribution is 8.00. The number of hydrogen-bond acceptors (Lipinski definition) is 4. The molecule has 2 amide bonds. The number of nitrogens with zero attached hydrogens (tertiary/aromatic N) is 1. The van der Waals surface area contributed by atoms with E-state index in [1.165, 1.54) is 5.56 Å². The number of benzene rings is 3. The number of rotatable bonds is 10. The Hall–Kier alpha value is -2.12. The van der Waals surface area contributed by atoms with Gasteiger partial charge in [0.2, 0.25) is 5.91 Å². The van der Waals surface area contributed by atoms with Crippen LogP contribution in [-0.4, -0.2) is 41.3 Å². The number of amides is 2. The van der Waals surface area contributed by atoms with Gasteiger partial charge in [-0.05, 0) is 47.4 Å². The van der Waals surface area contributed by atoms with Crippen molar-refractivity contribution < 1.29 is 9.59 Å². The first-order valence-corrected chi connectivity index (χ1v) is 14.3. The van der Waals surface area contributed by atoms with E-state index in [2.05, 4.69) is 17.4 Å². The van der Waals surface area contributed by atoms with Gasteiger partial charge in [0.25, 0.3) is 5.91 Å². The third-order valence-electron chi connectivity index (χ3n) is 5.71. The summed E-state index contributed by atoms with van der Waals surface area (Å²) in [5.41, 5.74) is 3.91. The summed E-state index contributed by atoms with van der Waals surface area (Å²) in [5.74, 6) is 2.09. The van der Waals surface area contributed by atoms with Crippen molar-refractivity contribution in [2.24, 2.45) is 0 Å². The minimum Gasteiger partial charge on any atom is -0.351 e. The van der Waals surface area contributed by atoms with Gasteiger partial charge < -0.3 is 10.2 Å². The molecule has 4 rings (SSSR count). The van der Waals surface area contributed by atoms with Crippen molar-refractivity contribution in [2.45, 2.75) is 17.5 Å². The molecule has 0 bridgehead atoms. The van der Waals surface area contributed by atoms with E-state index in [1.807, 2.05) is 59.5 Å². The van der Waals surface area contributed by atoms with Crippen molar-refractivity contribution in [1.29, 1.82) is 0 Å². The van der Waals surface area contributed by atoms with Crippen molar-refractivity contribution in [2.75, 3.05) is 24.6 Å². The van der Waals surface area contributed by atoms with E-state index < -0.39 is 0 Å². The van der Waals surface area contributed by atoms with Crippen LogP contribution in [0.2, 0.25) is 10.0 Å². The summed E-state index contributed by atoms with van der Waals surface area (Å²) in [6.45, 7) is 1.25. The third kappa shape index (κ3) is 7.20. The van der Waals surface area contributed by atoms with Gasteiger partial charge in [0, 0.05) is 40.2 Å². The normalized spacial score (nSPS) is 15.4. The summed E-state index contributed by atoms with van der Waals surface area (Å²) >= 11 is 15.5. The molecule has 1 fully saturated rings. The standard InChI is InChI=1S/C27H26Cl2N2O2S2/c28-23-11-10-22(24(29)16-23)17-34-15-13-30-26(33)20-6-8-21(9-7-20)27-31(25(32)18-35-27)14-12-19-4-2-1-3-5-19/h1-11,16,27H,12-15,17-18H2,(H,30,33)/t27-/m1/s1. The molecule has 3 aromatic carbocycles. The topological polar surface area (TPSA) is 49.4 Å². The summed E-state index contributed by atoms with van der Waals surface area (Å²) in [6.07, 6.45) is 0.826. The van der Waals surface area contributed by atoms with Gasteiger partial charge in [0.05, 0.1) is 5.75 Å². The molecule has 1 aliphatic heterocycles. The molecule has 1 aliphatic rings. The maximum atomic E-state index is 12.6. The fraction of sp³-hybridized carbons (Fsp3) is 0.259. The van der Waals surface area contributed by atoms with Crippen LogP contribution in [0.5, 0.6) is 0 Å². The quantitative estimate of drug-likeness (QED) is 0.297. The molecular weight excluding hydrogens is 519 g/mol. The van der Waals surface area contributed by atoms with Crippen molar-refractivity contribution >= 4 is 58.5 Å². The van der Waals surface area contributed by atoms with Crippen molar-refractivity contribution in [3.8, 4) is 0 Å². The lowest BCUT2D eigenvalue weighted by molar-refractivity contribution is -0.128. The van der Waals surface area contributed by atoms with E-state index in [0.29, 0.717) is 34.5 Å². The molecule has 35 heavy (non-hydrogen) atoms. The smallest absolute Gasteiger partial charge is 0.251 e. The Bertz CT molecular complexity index is 1160. The monoisotopic (exact) mass is 544 g/mol. The van der Waals surface area contributed by atoms with Gasteiger partial charge in [-0.2, -0.15) is 11.8 Å². The number of carbonyl (C=O) groups is 2. The number of nitrogens with one attached hydrogen (secondary N) is 1. The summed E-state index contributed by atoms with van der Waals surface area (Å²) in [5, 5.41) is 4.24. The van der Waals surface area contributed by atoms with Crippen LogP contribution >= 0.6 is 46.7 Å². The second-order valence-electron chi connectivity index (χ2n) is 8.15. The molecule has 0 spiro atoms. The second kappa shape index (κ2) is 12.7. The van der Waals surface area contributed by atoms with E-state index >= 15 is 0 Å². The molecule has 0 radical (unpaired) electrons. The molecule has 8 heteroatoms. The molecule has 3 aromatic rings. The van der Waals surface area contributed by atoms with E-state index in [-0.39, 0.29) is 17.2 Å². The first-order chi connectivity index (χ1) is 17.0. The molecular formula is C27H26Cl2N2O2S2. The lowest BCUT2D eigenvalue weighted by Gasteiger charge is -2.24. The van der Waals surface area contributed by atoms with Crippen molar-refractivity contribution in [3.63, 3.8) is 0 Å². The summed E-state index contributed by atoms with van der Waals surface area (Å²) in [7, 11) is 0. The van der Waals surface area contributed by atoms with Crippen LogP contribution in [0.25, 0.3) is 0 Å². The fourth-order valence-corrected chi connectivity index (χ4v) is 6.46. The van der Waals surface area contributed by atoms with Gasteiger partial charge in [-0.3, -0.25) is 9.59 Å². The van der Waals surface area contributed by atoms with Crippen LogP contribution in [0.4, 0.5) is 0 Å². The SMILES string of the molecule is O=C(NCCSCc1ccc(Cl)cc1Cl)c1ccc([C@H]2SCC(=O)N2CCc2ccccc2)cc1. The Morgan fingerprint density at radius 1 is 1.06 bits per heavy atom. The Kier molecular flexibility index (Phi) is 9.44. The molecule has 1 saturated heterocycles. The van der Waals surface area contributed by atoms with Crippen LogP contribution < -0.4 is 5.32 Å². The summed E-state index contributed by atoms with van der Waals surface area (Å²) < 4.78 is 0. The summed E-state index contributed by atoms with van der Waals surface area (Å²) in [6, 6.07) is 23.3. The Labute approximate surface area is 224 Å². The van der Waals surface area contributed by atoms with Crippen LogP contribution in [0.1, 0.15) is 32.4 Å². The molecule has 1 atom stereocenters. The van der Waals surface area contributed by atoms with Crippen molar-refractivity contribution in [1.82, 2.24) is 10.2 Å². The maximum Gasteiger partial charge on any atom is 0.251 e. The molecule has 4 nitrogen and oxygen atoms in total. The number of hydrogen-bond donors (Lipinski definition) is 1. The number of thioether (sulfide) groups is 2. The predicted molar refractivity (Wildman–Crippen MR) is 148 cm³/mol. The summed E-state index contributed by atoms with van der Waals surface area (Å²) in [4.78, 5) is 27.0. The van der Waals surface area contributed by atoms with Crippen LogP contribution in [0.3, 0.4) is 0 Å². The number of carbonyl (C=O) groups excluding carboxylic acids is 2. The zero-order chi connectivity index (χ0) is 24.6. The molecule has 0 unspecified atom stereocenters. The first-order valence-electron chi connectivity index (χ1n) is 11.4. The minimum atomic E-state index is -0.0993. The maximum absolute atomic E-state index is 12.6. The first kappa shape index (κ1) is 26.0. The van der Waals surface area contributed by atoms with Gasteiger partial charge in [-0.25, -0.2) is 0 Å². The zero-order valence-electron chi connectivity index (χ0n) is 19.1. The van der Waals surface area contributed by atoms with E-state index in [9.17, 15) is 9.59 Å². The Morgan fingerprint density at radius 3 is 2.57 bits per heavy atom. The van der Waals surface area contributed by atoms with E-state index in [0.717, 1.165) is 29.1 Å². The van der Waals surface area contributed by atoms with Crippen LogP contribution in [0.15, 0.2) is 72.8 Å². The van der Waals surface area contributed by atoms with Crippen LogP contribution in [0, 0.1) is 0 Å². The van der Waals surface area contributed by atoms with Gasteiger partial charge in [-0.1, -0.05) is 71.7 Å². The second-order valence-corrected chi connectivity index (χ2v) is 11.2. The number of halogens is 2. The van der Waals surface area contributed by atoms with E-state index in [1.54, 1.807) is 29.6 Å². The average Bonchev–Trinajstić information content (AvgIpc) is 3.24. The minimum absolute atomic E-state index is 0.0144. The van der Waals surface area contributed by atoms with E-state index in [4.69, 9.17) is 23.2 Å². The van der Waals surface area contributed by atoms with Crippen LogP contribution in [-0.2, 0) is 17.0 Å². The molecule has 0 saturated carbocycles. The predicted octanol–water partition coefficient (Wildman–Crippen LogP) is 6.47. The van der Waals surface area contributed by atoms with Gasteiger partial charge in [-0.15, -0.1) is 11.8 Å². The Balaban J connectivity index is 1.25. The molecule has 0 aliphatic carbocycles. The molecule has 1 N–H and O–H groups in total. The largest absolute Gasteiger partial charge is 0.351 e. The average molecular weight is 546 g/mol.